The van der Waals surface area contributed by atoms with Crippen LogP contribution >= 0.6 is 0 Å². The zero-order valence-corrected chi connectivity index (χ0v) is 31.6. The molecule has 5 heteroatoms. The summed E-state index contributed by atoms with van der Waals surface area (Å²) in [6.45, 7) is 16.7. The quantitative estimate of drug-likeness (QED) is 0.0536. The molecule has 0 aromatic carbocycles. The first kappa shape index (κ1) is 44.8. The number of ether oxygens (including phenoxy) is 2. The number of likely N-dealkylation sites (N-methyl/N-ethyl adjacent to an activating group) is 2. The van der Waals surface area contributed by atoms with Gasteiger partial charge in [-0.3, -0.25) is 0 Å². The van der Waals surface area contributed by atoms with Gasteiger partial charge in [-0.1, -0.05) is 162 Å². The summed E-state index contributed by atoms with van der Waals surface area (Å²) in [6.07, 6.45) is 34.4. The molecule has 0 heterocycles. The molecule has 0 aromatic heterocycles. The molecule has 0 spiro atoms. The van der Waals surface area contributed by atoms with Gasteiger partial charge in [0.25, 0.3) is 0 Å². The van der Waals surface area contributed by atoms with E-state index in [1.807, 2.05) is 0 Å². The summed E-state index contributed by atoms with van der Waals surface area (Å²) in [5.74, 6) is 0. The molecule has 0 aliphatic heterocycles. The van der Waals surface area contributed by atoms with Crippen molar-refractivity contribution in [2.24, 2.45) is 0 Å². The van der Waals surface area contributed by atoms with Crippen LogP contribution in [-0.2, 0) is 9.47 Å². The molecular weight excluding hydrogens is 556 g/mol. The summed E-state index contributed by atoms with van der Waals surface area (Å²) < 4.78 is 13.3. The lowest BCUT2D eigenvalue weighted by Crippen LogP contribution is -2.50. The maximum Gasteiger partial charge on any atom is 0.102 e. The van der Waals surface area contributed by atoms with Crippen molar-refractivity contribution in [3.8, 4) is 0 Å². The predicted molar refractivity (Wildman–Crippen MR) is 198 cm³/mol. The average molecular weight is 642 g/mol. The van der Waals surface area contributed by atoms with Gasteiger partial charge in [-0.05, 0) is 19.4 Å². The van der Waals surface area contributed by atoms with Crippen LogP contribution in [0.25, 0.3) is 0 Å². The second-order valence-corrected chi connectivity index (χ2v) is 14.3. The molecule has 0 saturated heterocycles. The molecule has 0 aliphatic rings. The Kier molecular flexibility index (Phi) is 36.5. The van der Waals surface area contributed by atoms with Crippen molar-refractivity contribution in [1.29, 1.82) is 0 Å². The van der Waals surface area contributed by atoms with Crippen LogP contribution in [0.2, 0.25) is 0 Å². The largest absolute Gasteiger partial charge is 0.395 e. The molecule has 0 aromatic rings. The van der Waals surface area contributed by atoms with E-state index in [-0.39, 0.29) is 6.61 Å². The summed E-state index contributed by atoms with van der Waals surface area (Å²) in [4.78, 5) is 2.36. The van der Waals surface area contributed by atoms with E-state index in [1.54, 1.807) is 0 Å². The third-order valence-corrected chi connectivity index (χ3v) is 9.87. The SMILES string of the molecule is CCCCCCCCCCCCCCOCC[N+](C)(CCCN(CC)CCO)CCOCCCCCCCCCCCCCC. The Labute approximate surface area is 284 Å². The third-order valence-electron chi connectivity index (χ3n) is 9.87. The van der Waals surface area contributed by atoms with Crippen molar-refractivity contribution >= 4 is 0 Å². The summed E-state index contributed by atoms with van der Waals surface area (Å²) in [5.41, 5.74) is 0. The minimum atomic E-state index is 0.250. The third kappa shape index (κ3) is 33.5. The Hall–Kier alpha value is -0.200. The van der Waals surface area contributed by atoms with Gasteiger partial charge in [0.05, 0.1) is 33.4 Å². The van der Waals surface area contributed by atoms with E-state index in [4.69, 9.17) is 9.47 Å². The van der Waals surface area contributed by atoms with E-state index in [0.29, 0.717) is 0 Å². The van der Waals surface area contributed by atoms with Crippen LogP contribution in [0.5, 0.6) is 0 Å². The Balaban J connectivity index is 4.01. The molecule has 0 aliphatic carbocycles. The fourth-order valence-electron chi connectivity index (χ4n) is 6.45. The summed E-state index contributed by atoms with van der Waals surface area (Å²) >= 11 is 0. The van der Waals surface area contributed by atoms with Gasteiger partial charge in [0.1, 0.15) is 13.1 Å². The minimum Gasteiger partial charge on any atom is -0.395 e. The van der Waals surface area contributed by atoms with Crippen LogP contribution in [0.3, 0.4) is 0 Å². The average Bonchev–Trinajstić information content (AvgIpc) is 3.04. The monoisotopic (exact) mass is 642 g/mol. The Morgan fingerprint density at radius 3 is 1.11 bits per heavy atom. The predicted octanol–water partition coefficient (Wildman–Crippen LogP) is 10.6. The number of unbranched alkanes of at least 4 members (excludes halogenated alkanes) is 22. The molecule has 0 atom stereocenters. The number of quaternary nitrogens is 1. The first-order valence-corrected chi connectivity index (χ1v) is 20.4. The molecular formula is C40H85N2O3+. The van der Waals surface area contributed by atoms with E-state index < -0.39 is 0 Å². The summed E-state index contributed by atoms with van der Waals surface area (Å²) in [5, 5.41) is 9.35. The zero-order chi connectivity index (χ0) is 32.9. The standard InChI is InChI=1S/C40H85N2O3/c1-5-8-10-12-14-16-18-20-22-24-26-28-37-44-39-34-42(4,33-30-31-41(7-3)32-36-43)35-40-45-38-29-27-25-23-21-19-17-15-13-11-9-6-2/h43H,5-40H2,1-4H3/q+1. The summed E-state index contributed by atoms with van der Waals surface area (Å²) in [6, 6.07) is 0. The second kappa shape index (κ2) is 36.6. The van der Waals surface area contributed by atoms with Gasteiger partial charge in [0.15, 0.2) is 0 Å². The Bertz CT molecular complexity index is 514. The molecule has 0 rings (SSSR count). The molecule has 0 radical (unpaired) electrons. The molecule has 0 unspecified atom stereocenters. The first-order valence-electron chi connectivity index (χ1n) is 20.4. The van der Waals surface area contributed by atoms with Crippen LogP contribution in [-0.4, -0.2) is 93.8 Å². The van der Waals surface area contributed by atoms with Gasteiger partial charge in [-0.2, -0.15) is 0 Å². The van der Waals surface area contributed by atoms with Crippen LogP contribution in [0.4, 0.5) is 0 Å². The Morgan fingerprint density at radius 2 is 0.778 bits per heavy atom. The van der Waals surface area contributed by atoms with Crippen LogP contribution in [0.1, 0.15) is 181 Å². The van der Waals surface area contributed by atoms with Gasteiger partial charge in [-0.25, -0.2) is 0 Å². The molecule has 272 valence electrons. The number of hydrogen-bond acceptors (Lipinski definition) is 4. The van der Waals surface area contributed by atoms with E-state index in [1.165, 1.54) is 154 Å². The fourth-order valence-corrected chi connectivity index (χ4v) is 6.45. The number of aliphatic hydroxyl groups excluding tert-OH is 1. The van der Waals surface area contributed by atoms with E-state index in [9.17, 15) is 5.11 Å². The maximum atomic E-state index is 9.35. The van der Waals surface area contributed by atoms with Crippen molar-refractivity contribution in [3.05, 3.63) is 0 Å². The van der Waals surface area contributed by atoms with E-state index in [0.717, 1.165) is 76.6 Å². The lowest BCUT2D eigenvalue weighted by Gasteiger charge is -2.35. The number of aliphatic hydroxyl groups is 1. The smallest absolute Gasteiger partial charge is 0.102 e. The molecule has 0 amide bonds. The highest BCUT2D eigenvalue weighted by molar-refractivity contribution is 4.56. The molecule has 45 heavy (non-hydrogen) atoms. The number of hydrogen-bond donors (Lipinski definition) is 1. The lowest BCUT2D eigenvalue weighted by atomic mass is 10.1. The molecule has 0 saturated carbocycles. The highest BCUT2D eigenvalue weighted by Crippen LogP contribution is 2.14. The van der Waals surface area contributed by atoms with Crippen molar-refractivity contribution in [3.63, 3.8) is 0 Å². The first-order chi connectivity index (χ1) is 22.1. The highest BCUT2D eigenvalue weighted by atomic mass is 16.5. The van der Waals surface area contributed by atoms with Crippen molar-refractivity contribution in [1.82, 2.24) is 4.90 Å². The topological polar surface area (TPSA) is 41.9 Å². The molecule has 0 fully saturated rings. The van der Waals surface area contributed by atoms with Gasteiger partial charge in [0, 0.05) is 32.7 Å². The van der Waals surface area contributed by atoms with Crippen LogP contribution < -0.4 is 0 Å². The fraction of sp³-hybridized carbons (Fsp3) is 1.00. The minimum absolute atomic E-state index is 0.250. The van der Waals surface area contributed by atoms with Crippen molar-refractivity contribution < 1.29 is 19.1 Å². The maximum absolute atomic E-state index is 9.35. The molecule has 1 N–H and O–H groups in total. The molecule has 5 nitrogen and oxygen atoms in total. The van der Waals surface area contributed by atoms with Gasteiger partial charge in [-0.15, -0.1) is 0 Å². The van der Waals surface area contributed by atoms with Crippen molar-refractivity contribution in [2.45, 2.75) is 181 Å². The highest BCUT2D eigenvalue weighted by Gasteiger charge is 2.21. The van der Waals surface area contributed by atoms with Crippen molar-refractivity contribution in [2.75, 3.05) is 79.4 Å². The normalized spacial score (nSPS) is 12.1. The molecule has 0 bridgehead atoms. The van der Waals surface area contributed by atoms with Gasteiger partial charge < -0.3 is 24.0 Å². The summed E-state index contributed by atoms with van der Waals surface area (Å²) in [7, 11) is 2.39. The zero-order valence-electron chi connectivity index (χ0n) is 31.6. The Morgan fingerprint density at radius 1 is 0.422 bits per heavy atom. The van der Waals surface area contributed by atoms with E-state index in [2.05, 4.69) is 32.7 Å². The second-order valence-electron chi connectivity index (χ2n) is 14.3. The number of rotatable bonds is 39. The number of nitrogens with zero attached hydrogens (tertiary/aromatic N) is 2. The lowest BCUT2D eigenvalue weighted by molar-refractivity contribution is -0.910. The van der Waals surface area contributed by atoms with Crippen LogP contribution in [0, 0.1) is 0 Å². The van der Waals surface area contributed by atoms with Crippen LogP contribution in [0.15, 0.2) is 0 Å². The van der Waals surface area contributed by atoms with Gasteiger partial charge >= 0.3 is 0 Å². The van der Waals surface area contributed by atoms with E-state index >= 15 is 0 Å². The van der Waals surface area contributed by atoms with Gasteiger partial charge in [0.2, 0.25) is 0 Å².